The summed E-state index contributed by atoms with van der Waals surface area (Å²) in [6.45, 7) is 0.327. The van der Waals surface area contributed by atoms with Gasteiger partial charge >= 0.3 is 0 Å². The molecule has 18 heavy (non-hydrogen) atoms. The lowest BCUT2D eigenvalue weighted by molar-refractivity contribution is 0.111. The fourth-order valence-electron chi connectivity index (χ4n) is 1.45. The topological polar surface area (TPSA) is 39.2 Å². The number of aldehydes is 1. The second-order valence-corrected chi connectivity index (χ2v) is 4.89. The highest BCUT2D eigenvalue weighted by molar-refractivity contribution is 9.10. The molecular weight excluding hydrogens is 318 g/mol. The Morgan fingerprint density at radius 1 is 1.39 bits per heavy atom. The Hall–Kier alpha value is -1.39. The number of hydrogen-bond donors (Lipinski definition) is 0. The third-order valence-corrected chi connectivity index (χ3v) is 3.05. The molecule has 0 aliphatic rings. The van der Waals surface area contributed by atoms with Crippen LogP contribution in [-0.2, 0) is 6.61 Å². The maximum Gasteiger partial charge on any atom is 0.155 e. The number of carbonyl (C=O) groups excluding carboxylic acids is 1. The molecular formula is C13H9BrClNO2. The normalized spacial score (nSPS) is 10.1. The Balaban J connectivity index is 2.15. The summed E-state index contributed by atoms with van der Waals surface area (Å²) in [6, 6.07) is 7.00. The maximum atomic E-state index is 10.9. The molecule has 1 aromatic heterocycles. The van der Waals surface area contributed by atoms with Crippen LogP contribution in [0.1, 0.15) is 15.9 Å². The summed E-state index contributed by atoms with van der Waals surface area (Å²) in [5.74, 6) is 0.470. The van der Waals surface area contributed by atoms with Crippen molar-refractivity contribution in [3.63, 3.8) is 0 Å². The lowest BCUT2D eigenvalue weighted by atomic mass is 10.2. The number of benzene rings is 1. The Labute approximate surface area is 118 Å². The molecule has 5 heteroatoms. The van der Waals surface area contributed by atoms with E-state index in [2.05, 4.69) is 20.9 Å². The van der Waals surface area contributed by atoms with Crippen LogP contribution in [0.3, 0.4) is 0 Å². The molecule has 0 atom stereocenters. The predicted molar refractivity (Wildman–Crippen MR) is 73.1 cm³/mol. The average Bonchev–Trinajstić information content (AvgIpc) is 2.36. The predicted octanol–water partition coefficient (Wildman–Crippen LogP) is 3.89. The van der Waals surface area contributed by atoms with E-state index >= 15 is 0 Å². The summed E-state index contributed by atoms with van der Waals surface area (Å²) in [4.78, 5) is 15.0. The third kappa shape index (κ3) is 3.09. The van der Waals surface area contributed by atoms with Crippen LogP contribution in [0.2, 0.25) is 5.02 Å². The van der Waals surface area contributed by atoms with E-state index in [-0.39, 0.29) is 0 Å². The van der Waals surface area contributed by atoms with Crippen molar-refractivity contribution < 1.29 is 9.53 Å². The second kappa shape index (κ2) is 5.98. The van der Waals surface area contributed by atoms with Gasteiger partial charge in [0.05, 0.1) is 10.6 Å². The van der Waals surface area contributed by atoms with Crippen molar-refractivity contribution in [1.82, 2.24) is 4.98 Å². The molecule has 0 spiro atoms. The van der Waals surface area contributed by atoms with E-state index in [1.54, 1.807) is 30.6 Å². The molecule has 1 aromatic carbocycles. The van der Waals surface area contributed by atoms with Gasteiger partial charge in [0.2, 0.25) is 0 Å². The quantitative estimate of drug-likeness (QED) is 0.800. The van der Waals surface area contributed by atoms with Crippen molar-refractivity contribution in [1.29, 1.82) is 0 Å². The molecule has 0 saturated heterocycles. The first-order chi connectivity index (χ1) is 8.70. The number of hydrogen-bond acceptors (Lipinski definition) is 3. The van der Waals surface area contributed by atoms with E-state index in [4.69, 9.17) is 16.3 Å². The van der Waals surface area contributed by atoms with Crippen LogP contribution in [-0.4, -0.2) is 11.3 Å². The highest BCUT2D eigenvalue weighted by atomic mass is 79.9. The summed E-state index contributed by atoms with van der Waals surface area (Å²) >= 11 is 9.24. The molecule has 0 radical (unpaired) electrons. The lowest BCUT2D eigenvalue weighted by Gasteiger charge is -2.09. The molecule has 0 unspecified atom stereocenters. The van der Waals surface area contributed by atoms with Crippen molar-refractivity contribution >= 4 is 33.8 Å². The van der Waals surface area contributed by atoms with Gasteiger partial charge in [0.1, 0.15) is 12.4 Å². The van der Waals surface area contributed by atoms with Crippen LogP contribution < -0.4 is 4.74 Å². The van der Waals surface area contributed by atoms with E-state index in [0.717, 1.165) is 10.0 Å². The fraction of sp³-hybridized carbons (Fsp3) is 0.0769. The SMILES string of the molecule is O=Cc1c(Cl)cccc1OCc1cncc(Br)c1. The molecule has 3 nitrogen and oxygen atoms in total. The molecule has 0 bridgehead atoms. The molecule has 0 amide bonds. The van der Waals surface area contributed by atoms with E-state index < -0.39 is 0 Å². The largest absolute Gasteiger partial charge is 0.488 e. The lowest BCUT2D eigenvalue weighted by Crippen LogP contribution is -1.99. The Morgan fingerprint density at radius 3 is 2.94 bits per heavy atom. The number of carbonyl (C=O) groups is 1. The van der Waals surface area contributed by atoms with Gasteiger partial charge in [0, 0.05) is 22.4 Å². The van der Waals surface area contributed by atoms with Gasteiger partial charge < -0.3 is 4.74 Å². The molecule has 2 aromatic rings. The van der Waals surface area contributed by atoms with Gasteiger partial charge in [-0.1, -0.05) is 17.7 Å². The minimum absolute atomic E-state index is 0.327. The van der Waals surface area contributed by atoms with E-state index in [1.165, 1.54) is 0 Å². The summed E-state index contributed by atoms with van der Waals surface area (Å²) in [5, 5.41) is 0.384. The van der Waals surface area contributed by atoms with Gasteiger partial charge in [-0.05, 0) is 34.1 Å². The van der Waals surface area contributed by atoms with Crippen molar-refractivity contribution in [2.45, 2.75) is 6.61 Å². The Morgan fingerprint density at radius 2 is 2.22 bits per heavy atom. The van der Waals surface area contributed by atoms with Crippen LogP contribution >= 0.6 is 27.5 Å². The number of aromatic nitrogens is 1. The van der Waals surface area contributed by atoms with Gasteiger partial charge in [-0.25, -0.2) is 0 Å². The second-order valence-electron chi connectivity index (χ2n) is 3.57. The smallest absolute Gasteiger partial charge is 0.155 e. The van der Waals surface area contributed by atoms with E-state index in [9.17, 15) is 4.79 Å². The van der Waals surface area contributed by atoms with Crippen LogP contribution in [0.15, 0.2) is 41.1 Å². The van der Waals surface area contributed by atoms with Crippen LogP contribution in [0.25, 0.3) is 0 Å². The standard InChI is InChI=1S/C13H9BrClNO2/c14-10-4-9(5-16-6-10)8-18-13-3-1-2-12(15)11(13)7-17/h1-7H,8H2. The van der Waals surface area contributed by atoms with Crippen molar-refractivity contribution in [3.8, 4) is 5.75 Å². The van der Waals surface area contributed by atoms with Gasteiger partial charge in [0.25, 0.3) is 0 Å². The first-order valence-corrected chi connectivity index (χ1v) is 6.33. The summed E-state index contributed by atoms with van der Waals surface area (Å²) in [6.07, 6.45) is 4.09. The number of pyridine rings is 1. The van der Waals surface area contributed by atoms with Crippen LogP contribution in [0.5, 0.6) is 5.75 Å². The molecule has 1 heterocycles. The summed E-state index contributed by atoms with van der Waals surface area (Å²) in [7, 11) is 0. The zero-order chi connectivity index (χ0) is 13.0. The first kappa shape index (κ1) is 13.1. The zero-order valence-electron chi connectivity index (χ0n) is 9.27. The monoisotopic (exact) mass is 325 g/mol. The zero-order valence-corrected chi connectivity index (χ0v) is 11.6. The first-order valence-electron chi connectivity index (χ1n) is 5.16. The highest BCUT2D eigenvalue weighted by Gasteiger charge is 2.07. The molecule has 0 aliphatic carbocycles. The van der Waals surface area contributed by atoms with Gasteiger partial charge in [-0.15, -0.1) is 0 Å². The molecule has 92 valence electrons. The van der Waals surface area contributed by atoms with Crippen LogP contribution in [0.4, 0.5) is 0 Å². The van der Waals surface area contributed by atoms with E-state index in [1.807, 2.05) is 6.07 Å². The number of halogens is 2. The highest BCUT2D eigenvalue weighted by Crippen LogP contribution is 2.25. The summed E-state index contributed by atoms with van der Waals surface area (Å²) < 4.78 is 6.45. The number of nitrogens with zero attached hydrogens (tertiary/aromatic N) is 1. The molecule has 2 rings (SSSR count). The number of ether oxygens (including phenoxy) is 1. The van der Waals surface area contributed by atoms with Crippen molar-refractivity contribution in [3.05, 3.63) is 57.3 Å². The van der Waals surface area contributed by atoms with E-state index in [0.29, 0.717) is 29.2 Å². The fourth-order valence-corrected chi connectivity index (χ4v) is 2.08. The molecule has 0 N–H and O–H groups in total. The molecule has 0 fully saturated rings. The van der Waals surface area contributed by atoms with Gasteiger partial charge in [-0.2, -0.15) is 0 Å². The summed E-state index contributed by atoms with van der Waals surface area (Å²) in [5.41, 5.74) is 1.27. The minimum Gasteiger partial charge on any atom is -0.488 e. The molecule has 0 saturated carbocycles. The Bertz CT molecular complexity index is 575. The molecule has 0 aliphatic heterocycles. The average molecular weight is 327 g/mol. The third-order valence-electron chi connectivity index (χ3n) is 2.29. The van der Waals surface area contributed by atoms with Gasteiger partial charge in [0.15, 0.2) is 6.29 Å². The number of rotatable bonds is 4. The Kier molecular flexibility index (Phi) is 4.33. The maximum absolute atomic E-state index is 10.9. The van der Waals surface area contributed by atoms with Crippen molar-refractivity contribution in [2.75, 3.05) is 0 Å². The van der Waals surface area contributed by atoms with Crippen LogP contribution in [0, 0.1) is 0 Å². The van der Waals surface area contributed by atoms with Crippen molar-refractivity contribution in [2.24, 2.45) is 0 Å². The van der Waals surface area contributed by atoms with Gasteiger partial charge in [-0.3, -0.25) is 9.78 Å². The minimum atomic E-state index is 0.327.